The molecule has 4 nitrogen and oxygen atoms in total. The van der Waals surface area contributed by atoms with E-state index in [0.717, 1.165) is 18.6 Å². The number of benzene rings is 1. The van der Waals surface area contributed by atoms with Crippen molar-refractivity contribution in [3.05, 3.63) is 35.9 Å². The lowest BCUT2D eigenvalue weighted by Gasteiger charge is -2.13. The van der Waals surface area contributed by atoms with Crippen LogP contribution in [0.25, 0.3) is 11.3 Å². The van der Waals surface area contributed by atoms with Gasteiger partial charge < -0.3 is 10.1 Å². The molecule has 1 aromatic heterocycles. The fourth-order valence-electron chi connectivity index (χ4n) is 1.84. The predicted octanol–water partition coefficient (Wildman–Crippen LogP) is 3.39. The van der Waals surface area contributed by atoms with Gasteiger partial charge in [0.1, 0.15) is 12.0 Å². The molecule has 0 amide bonds. The van der Waals surface area contributed by atoms with Gasteiger partial charge in [0.25, 0.3) is 0 Å². The van der Waals surface area contributed by atoms with Crippen LogP contribution >= 0.6 is 0 Å². The largest absolute Gasteiger partial charge is 0.491 e. The first-order chi connectivity index (χ1) is 10.1. The molecule has 2 aromatic rings. The Labute approximate surface area is 120 Å². The van der Waals surface area contributed by atoms with Crippen LogP contribution in [-0.4, -0.2) is 23.6 Å². The Morgan fingerprint density at radius 2 is 1.90 bits per heavy atom. The zero-order valence-electron chi connectivity index (χ0n) is 11.6. The van der Waals surface area contributed by atoms with Crippen molar-refractivity contribution in [2.45, 2.75) is 13.3 Å². The summed E-state index contributed by atoms with van der Waals surface area (Å²) >= 11 is 0. The Balaban J connectivity index is 2.56. The zero-order valence-corrected chi connectivity index (χ0v) is 11.6. The van der Waals surface area contributed by atoms with E-state index in [2.05, 4.69) is 15.3 Å². The van der Waals surface area contributed by atoms with Crippen LogP contribution in [0.5, 0.6) is 5.75 Å². The second-order valence-electron chi connectivity index (χ2n) is 4.25. The summed E-state index contributed by atoms with van der Waals surface area (Å²) in [6.45, 7) is 2.60. The summed E-state index contributed by atoms with van der Waals surface area (Å²) in [4.78, 5) is 7.92. The third-order valence-corrected chi connectivity index (χ3v) is 2.84. The number of rotatable bonds is 5. The first kappa shape index (κ1) is 15.1. The van der Waals surface area contributed by atoms with E-state index in [1.54, 1.807) is 0 Å². The molecule has 0 spiro atoms. The number of ether oxygens (including phenoxy) is 1. The highest BCUT2D eigenvalue weighted by Gasteiger charge is 2.20. The summed E-state index contributed by atoms with van der Waals surface area (Å²) < 4.78 is 45.5. The van der Waals surface area contributed by atoms with Crippen LogP contribution in [0.2, 0.25) is 0 Å². The molecule has 0 saturated carbocycles. The monoisotopic (exact) mass is 297 g/mol. The van der Waals surface area contributed by atoms with E-state index in [-0.39, 0.29) is 17.0 Å². The van der Waals surface area contributed by atoms with Gasteiger partial charge in [0.15, 0.2) is 29.0 Å². The summed E-state index contributed by atoms with van der Waals surface area (Å²) in [5.41, 5.74) is -0.129. The summed E-state index contributed by atoms with van der Waals surface area (Å²) in [7, 11) is 1.37. The zero-order chi connectivity index (χ0) is 15.4. The van der Waals surface area contributed by atoms with Gasteiger partial charge in [0.05, 0.1) is 7.11 Å². The number of halogens is 3. The van der Waals surface area contributed by atoms with Gasteiger partial charge in [-0.15, -0.1) is 0 Å². The second-order valence-corrected chi connectivity index (χ2v) is 4.25. The molecule has 0 atom stereocenters. The normalized spacial score (nSPS) is 10.5. The lowest BCUT2D eigenvalue weighted by Crippen LogP contribution is -2.06. The van der Waals surface area contributed by atoms with E-state index in [4.69, 9.17) is 4.74 Å². The minimum Gasteiger partial charge on any atom is -0.491 e. The van der Waals surface area contributed by atoms with Crippen LogP contribution in [0.1, 0.15) is 13.3 Å². The predicted molar refractivity (Wildman–Crippen MR) is 72.7 cm³/mol. The lowest BCUT2D eigenvalue weighted by molar-refractivity contribution is 0.413. The van der Waals surface area contributed by atoms with E-state index >= 15 is 0 Å². The van der Waals surface area contributed by atoms with Crippen molar-refractivity contribution in [1.82, 2.24) is 9.97 Å². The summed E-state index contributed by atoms with van der Waals surface area (Å²) in [5.74, 6) is -3.57. The molecular formula is C14H14F3N3O. The van der Waals surface area contributed by atoms with Crippen molar-refractivity contribution in [2.24, 2.45) is 0 Å². The van der Waals surface area contributed by atoms with Gasteiger partial charge in [-0.25, -0.2) is 23.1 Å². The Morgan fingerprint density at radius 1 is 1.14 bits per heavy atom. The topological polar surface area (TPSA) is 47.0 Å². The molecule has 1 aromatic carbocycles. The van der Waals surface area contributed by atoms with Crippen LogP contribution in [0.15, 0.2) is 18.5 Å². The fourth-order valence-corrected chi connectivity index (χ4v) is 1.84. The average Bonchev–Trinajstić information content (AvgIpc) is 2.50. The number of anilines is 1. The maximum atomic E-state index is 13.9. The van der Waals surface area contributed by atoms with Gasteiger partial charge >= 0.3 is 0 Å². The van der Waals surface area contributed by atoms with Gasteiger partial charge in [0.2, 0.25) is 0 Å². The van der Waals surface area contributed by atoms with E-state index in [0.29, 0.717) is 12.4 Å². The number of aromatic nitrogens is 2. The number of hydrogen-bond donors (Lipinski definition) is 1. The molecule has 2 rings (SSSR count). The molecule has 112 valence electrons. The molecule has 7 heteroatoms. The third kappa shape index (κ3) is 2.91. The maximum Gasteiger partial charge on any atom is 0.195 e. The van der Waals surface area contributed by atoms with Gasteiger partial charge in [-0.3, -0.25) is 0 Å². The van der Waals surface area contributed by atoms with Crippen molar-refractivity contribution in [3.63, 3.8) is 0 Å². The average molecular weight is 297 g/mol. The smallest absolute Gasteiger partial charge is 0.195 e. The molecule has 0 radical (unpaired) electrons. The molecule has 0 unspecified atom stereocenters. The highest BCUT2D eigenvalue weighted by molar-refractivity contribution is 5.73. The number of nitrogens with zero attached hydrogens (tertiary/aromatic N) is 2. The Kier molecular flexibility index (Phi) is 4.62. The van der Waals surface area contributed by atoms with Gasteiger partial charge in [-0.2, -0.15) is 0 Å². The number of hydrogen-bond acceptors (Lipinski definition) is 4. The highest BCUT2D eigenvalue weighted by Crippen LogP contribution is 2.35. The maximum absolute atomic E-state index is 13.9. The van der Waals surface area contributed by atoms with Crippen LogP contribution in [-0.2, 0) is 0 Å². The molecule has 1 N–H and O–H groups in total. The minimum absolute atomic E-state index is 0.0579. The van der Waals surface area contributed by atoms with Crippen molar-refractivity contribution >= 4 is 5.82 Å². The quantitative estimate of drug-likeness (QED) is 0.859. The van der Waals surface area contributed by atoms with Crippen molar-refractivity contribution in [3.8, 4) is 17.0 Å². The summed E-state index contributed by atoms with van der Waals surface area (Å²) in [6, 6.07) is 1.96. The van der Waals surface area contributed by atoms with Crippen LogP contribution in [0, 0.1) is 17.5 Å². The van der Waals surface area contributed by atoms with Gasteiger partial charge in [-0.1, -0.05) is 6.92 Å². The molecule has 0 aliphatic rings. The standard InChI is InChI=1S/C14H14F3N3O/c1-3-6-18-14-13(21-2)12(19-7-20-14)8-4-5-9(15)11(17)10(8)16/h4-5,7H,3,6H2,1-2H3,(H,18,19,20). The van der Waals surface area contributed by atoms with E-state index < -0.39 is 17.5 Å². The lowest BCUT2D eigenvalue weighted by atomic mass is 10.1. The summed E-state index contributed by atoms with van der Waals surface area (Å²) in [6.07, 6.45) is 2.05. The fraction of sp³-hybridized carbons (Fsp3) is 0.286. The number of nitrogens with one attached hydrogen (secondary N) is 1. The SMILES string of the molecule is CCCNc1ncnc(-c2ccc(F)c(F)c2F)c1OC. The molecule has 1 heterocycles. The Morgan fingerprint density at radius 3 is 2.57 bits per heavy atom. The molecule has 0 aliphatic heterocycles. The molecule has 0 fully saturated rings. The first-order valence-corrected chi connectivity index (χ1v) is 6.36. The van der Waals surface area contributed by atoms with E-state index in [9.17, 15) is 13.2 Å². The van der Waals surface area contributed by atoms with Crippen molar-refractivity contribution < 1.29 is 17.9 Å². The van der Waals surface area contributed by atoms with Gasteiger partial charge in [0, 0.05) is 12.1 Å². The molecule has 0 saturated heterocycles. The molecule has 21 heavy (non-hydrogen) atoms. The third-order valence-electron chi connectivity index (χ3n) is 2.84. The van der Waals surface area contributed by atoms with E-state index in [1.807, 2.05) is 6.92 Å². The molecular weight excluding hydrogens is 283 g/mol. The summed E-state index contributed by atoms with van der Waals surface area (Å²) in [5, 5.41) is 3.00. The first-order valence-electron chi connectivity index (χ1n) is 6.36. The van der Waals surface area contributed by atoms with Crippen LogP contribution in [0.3, 0.4) is 0 Å². The molecule has 0 aliphatic carbocycles. The van der Waals surface area contributed by atoms with Crippen molar-refractivity contribution in [2.75, 3.05) is 19.0 Å². The van der Waals surface area contributed by atoms with Gasteiger partial charge in [-0.05, 0) is 18.6 Å². The van der Waals surface area contributed by atoms with Crippen molar-refractivity contribution in [1.29, 1.82) is 0 Å². The number of methoxy groups -OCH3 is 1. The molecule has 0 bridgehead atoms. The Hall–Kier alpha value is -2.31. The Bertz CT molecular complexity index is 650. The van der Waals surface area contributed by atoms with E-state index in [1.165, 1.54) is 13.4 Å². The second kappa shape index (κ2) is 6.43. The minimum atomic E-state index is -1.55. The van der Waals surface area contributed by atoms with Crippen LogP contribution < -0.4 is 10.1 Å². The van der Waals surface area contributed by atoms with Crippen LogP contribution in [0.4, 0.5) is 19.0 Å². The highest BCUT2D eigenvalue weighted by atomic mass is 19.2.